The number of anilines is 2. The van der Waals surface area contributed by atoms with Crippen LogP contribution in [0.25, 0.3) is 0 Å². The third-order valence-corrected chi connectivity index (χ3v) is 3.89. The minimum absolute atomic E-state index is 0.0837. The highest BCUT2D eigenvalue weighted by molar-refractivity contribution is 7.89. The lowest BCUT2D eigenvalue weighted by molar-refractivity contribution is -0.132. The number of rotatable bonds is 3. The quantitative estimate of drug-likeness (QED) is 0.732. The Balaban J connectivity index is 2.01. The van der Waals surface area contributed by atoms with Crippen LogP contribution in [0.3, 0.4) is 0 Å². The zero-order chi connectivity index (χ0) is 17.0. The van der Waals surface area contributed by atoms with Crippen LogP contribution in [0.4, 0.5) is 11.4 Å². The van der Waals surface area contributed by atoms with Crippen molar-refractivity contribution in [1.29, 1.82) is 0 Å². The molecule has 0 fully saturated rings. The summed E-state index contributed by atoms with van der Waals surface area (Å²) >= 11 is 0. The van der Waals surface area contributed by atoms with Gasteiger partial charge in [0, 0.05) is 11.4 Å². The molecule has 2 amide bonds. The van der Waals surface area contributed by atoms with Crippen molar-refractivity contribution in [2.24, 2.45) is 5.14 Å². The number of amides is 2. The molecule has 2 rings (SSSR count). The van der Waals surface area contributed by atoms with Gasteiger partial charge in [0.05, 0.1) is 4.90 Å². The zero-order valence-electron chi connectivity index (χ0n) is 12.2. The molecule has 7 nitrogen and oxygen atoms in total. The lowest BCUT2D eigenvalue weighted by Crippen LogP contribution is -2.29. The van der Waals surface area contributed by atoms with Gasteiger partial charge in [0.15, 0.2) is 0 Å². The Morgan fingerprint density at radius 3 is 1.61 bits per heavy atom. The van der Waals surface area contributed by atoms with E-state index >= 15 is 0 Å². The van der Waals surface area contributed by atoms with Crippen molar-refractivity contribution in [1.82, 2.24) is 0 Å². The van der Waals surface area contributed by atoms with Crippen LogP contribution in [0, 0.1) is 6.92 Å². The van der Waals surface area contributed by atoms with E-state index in [0.29, 0.717) is 5.69 Å². The van der Waals surface area contributed by atoms with Crippen molar-refractivity contribution in [3.8, 4) is 0 Å². The average molecular weight is 333 g/mol. The first kappa shape index (κ1) is 16.7. The fourth-order valence-corrected chi connectivity index (χ4v) is 2.26. The van der Waals surface area contributed by atoms with E-state index in [1.54, 1.807) is 24.3 Å². The van der Waals surface area contributed by atoms with Gasteiger partial charge >= 0.3 is 11.8 Å². The molecule has 0 saturated carbocycles. The third kappa shape index (κ3) is 4.63. The number of primary sulfonamides is 1. The summed E-state index contributed by atoms with van der Waals surface area (Å²) in [6.07, 6.45) is 0. The molecule has 0 radical (unpaired) electrons. The lowest BCUT2D eigenvalue weighted by atomic mass is 10.2. The van der Waals surface area contributed by atoms with Gasteiger partial charge in [0.1, 0.15) is 0 Å². The standard InChI is InChI=1S/C15H15N3O4S/c1-10-2-4-11(5-3-10)17-14(19)15(20)18-12-6-8-13(9-7-12)23(16,21)22/h2-9H,1H3,(H,17,19)(H,18,20)(H2,16,21,22). The summed E-state index contributed by atoms with van der Waals surface area (Å²) in [4.78, 5) is 23.5. The van der Waals surface area contributed by atoms with E-state index in [4.69, 9.17) is 5.14 Å². The van der Waals surface area contributed by atoms with Crippen LogP contribution < -0.4 is 15.8 Å². The Hall–Kier alpha value is -2.71. The summed E-state index contributed by atoms with van der Waals surface area (Å²) in [6, 6.07) is 12.1. The second-order valence-electron chi connectivity index (χ2n) is 4.84. The van der Waals surface area contributed by atoms with Gasteiger partial charge in [0.25, 0.3) is 0 Å². The molecule has 0 spiro atoms. The van der Waals surface area contributed by atoms with Gasteiger partial charge in [-0.05, 0) is 43.3 Å². The number of aryl methyl sites for hydroxylation is 1. The van der Waals surface area contributed by atoms with E-state index < -0.39 is 21.8 Å². The predicted molar refractivity (Wildman–Crippen MR) is 86.3 cm³/mol. The van der Waals surface area contributed by atoms with Gasteiger partial charge in [-0.2, -0.15) is 0 Å². The molecule has 120 valence electrons. The first-order valence-electron chi connectivity index (χ1n) is 6.57. The van der Waals surface area contributed by atoms with Crippen LogP contribution in [0.15, 0.2) is 53.4 Å². The number of hydrogen-bond donors (Lipinski definition) is 3. The van der Waals surface area contributed by atoms with E-state index in [9.17, 15) is 18.0 Å². The molecular formula is C15H15N3O4S. The second-order valence-corrected chi connectivity index (χ2v) is 6.41. The minimum atomic E-state index is -3.80. The number of nitrogens with one attached hydrogen (secondary N) is 2. The summed E-state index contributed by atoms with van der Waals surface area (Å²) in [7, 11) is -3.80. The second kappa shape index (κ2) is 6.59. The summed E-state index contributed by atoms with van der Waals surface area (Å²) in [6.45, 7) is 1.91. The number of carbonyl (C=O) groups is 2. The van der Waals surface area contributed by atoms with Crippen molar-refractivity contribution >= 4 is 33.2 Å². The van der Waals surface area contributed by atoms with Crippen LogP contribution in [0.1, 0.15) is 5.56 Å². The lowest BCUT2D eigenvalue weighted by Gasteiger charge is -2.07. The van der Waals surface area contributed by atoms with E-state index in [2.05, 4.69) is 10.6 Å². The normalized spacial score (nSPS) is 10.9. The molecule has 4 N–H and O–H groups in total. The van der Waals surface area contributed by atoms with Crippen LogP contribution in [-0.2, 0) is 19.6 Å². The monoisotopic (exact) mass is 333 g/mol. The number of carbonyl (C=O) groups excluding carboxylic acids is 2. The van der Waals surface area contributed by atoms with Crippen molar-refractivity contribution < 1.29 is 18.0 Å². The van der Waals surface area contributed by atoms with Crippen molar-refractivity contribution in [2.45, 2.75) is 11.8 Å². The molecule has 0 aliphatic heterocycles. The number of benzene rings is 2. The average Bonchev–Trinajstić information content (AvgIpc) is 2.49. The zero-order valence-corrected chi connectivity index (χ0v) is 13.1. The largest absolute Gasteiger partial charge is 0.318 e. The van der Waals surface area contributed by atoms with E-state index in [0.717, 1.165) is 5.56 Å². The molecule has 0 atom stereocenters. The number of sulfonamides is 1. The molecule has 0 bridgehead atoms. The van der Waals surface area contributed by atoms with Crippen LogP contribution in [0.5, 0.6) is 0 Å². The van der Waals surface area contributed by atoms with Crippen LogP contribution in [0.2, 0.25) is 0 Å². The summed E-state index contributed by atoms with van der Waals surface area (Å²) in [5.74, 6) is -1.70. The highest BCUT2D eigenvalue weighted by Gasteiger charge is 2.14. The Morgan fingerprint density at radius 2 is 1.22 bits per heavy atom. The van der Waals surface area contributed by atoms with Crippen LogP contribution >= 0.6 is 0 Å². The molecule has 0 heterocycles. The molecule has 23 heavy (non-hydrogen) atoms. The smallest absolute Gasteiger partial charge is 0.314 e. The molecule has 0 saturated heterocycles. The van der Waals surface area contributed by atoms with Gasteiger partial charge in [-0.15, -0.1) is 0 Å². The van der Waals surface area contributed by atoms with E-state index in [1.807, 2.05) is 6.92 Å². The summed E-state index contributed by atoms with van der Waals surface area (Å²) in [5, 5.41) is 9.80. The summed E-state index contributed by atoms with van der Waals surface area (Å²) in [5.41, 5.74) is 1.81. The highest BCUT2D eigenvalue weighted by Crippen LogP contribution is 2.13. The van der Waals surface area contributed by atoms with Crippen molar-refractivity contribution in [2.75, 3.05) is 10.6 Å². The maximum atomic E-state index is 11.8. The Morgan fingerprint density at radius 1 is 0.826 bits per heavy atom. The molecule has 0 aliphatic carbocycles. The molecule has 0 aliphatic rings. The van der Waals surface area contributed by atoms with Gasteiger partial charge < -0.3 is 10.6 Å². The minimum Gasteiger partial charge on any atom is -0.318 e. The maximum Gasteiger partial charge on any atom is 0.314 e. The van der Waals surface area contributed by atoms with Gasteiger partial charge in [-0.25, -0.2) is 13.6 Å². The van der Waals surface area contributed by atoms with E-state index in [-0.39, 0.29) is 10.6 Å². The topological polar surface area (TPSA) is 118 Å². The first-order valence-corrected chi connectivity index (χ1v) is 8.12. The number of nitrogens with two attached hydrogens (primary N) is 1. The van der Waals surface area contributed by atoms with E-state index in [1.165, 1.54) is 24.3 Å². The molecule has 0 unspecified atom stereocenters. The first-order chi connectivity index (χ1) is 10.8. The molecule has 0 aromatic heterocycles. The Kier molecular flexibility index (Phi) is 4.77. The molecule has 2 aromatic carbocycles. The maximum absolute atomic E-state index is 11.8. The fourth-order valence-electron chi connectivity index (χ4n) is 1.74. The summed E-state index contributed by atoms with van der Waals surface area (Å²) < 4.78 is 22.3. The highest BCUT2D eigenvalue weighted by atomic mass is 32.2. The number of hydrogen-bond acceptors (Lipinski definition) is 4. The van der Waals surface area contributed by atoms with Gasteiger partial charge in [-0.1, -0.05) is 17.7 Å². The fraction of sp³-hybridized carbons (Fsp3) is 0.0667. The molecule has 8 heteroatoms. The Labute approximate surface area is 133 Å². The Bertz CT molecular complexity index is 828. The molecular weight excluding hydrogens is 318 g/mol. The van der Waals surface area contributed by atoms with Crippen molar-refractivity contribution in [3.05, 3.63) is 54.1 Å². The molecule has 2 aromatic rings. The third-order valence-electron chi connectivity index (χ3n) is 2.96. The SMILES string of the molecule is Cc1ccc(NC(=O)C(=O)Nc2ccc(S(N)(=O)=O)cc2)cc1. The van der Waals surface area contributed by atoms with Crippen LogP contribution in [-0.4, -0.2) is 20.2 Å². The van der Waals surface area contributed by atoms with Gasteiger partial charge in [-0.3, -0.25) is 9.59 Å². The van der Waals surface area contributed by atoms with Gasteiger partial charge in [0.2, 0.25) is 10.0 Å². The predicted octanol–water partition coefficient (Wildman–Crippen LogP) is 1.22. The van der Waals surface area contributed by atoms with Crippen molar-refractivity contribution in [3.63, 3.8) is 0 Å².